The summed E-state index contributed by atoms with van der Waals surface area (Å²) in [7, 11) is 0. The van der Waals surface area contributed by atoms with Crippen molar-refractivity contribution >= 4 is 34.1 Å². The number of aromatic nitrogens is 1. The first-order valence-electron chi connectivity index (χ1n) is 10.1. The van der Waals surface area contributed by atoms with Gasteiger partial charge >= 0.3 is 0 Å². The van der Waals surface area contributed by atoms with E-state index in [4.69, 9.17) is 4.74 Å². The van der Waals surface area contributed by atoms with Gasteiger partial charge in [0.15, 0.2) is 5.13 Å². The SMILES string of the molecule is O=C(CCCSc1ccc(F)cc1)Nc1nc(-c2ccc(Oc3ccccc3)cc2)cs1. The molecule has 4 aromatic rings. The molecule has 0 unspecified atom stereocenters. The van der Waals surface area contributed by atoms with E-state index in [9.17, 15) is 9.18 Å². The van der Waals surface area contributed by atoms with E-state index in [1.807, 2.05) is 60.0 Å². The number of carbonyl (C=O) groups is 1. The van der Waals surface area contributed by atoms with Crippen molar-refractivity contribution in [1.29, 1.82) is 0 Å². The molecule has 0 radical (unpaired) electrons. The minimum Gasteiger partial charge on any atom is -0.457 e. The van der Waals surface area contributed by atoms with Crippen LogP contribution in [0.5, 0.6) is 11.5 Å². The Morgan fingerprint density at radius 3 is 2.44 bits per heavy atom. The molecular formula is C25H21FN2O2S2. The molecule has 0 aliphatic carbocycles. The molecule has 0 saturated carbocycles. The summed E-state index contributed by atoms with van der Waals surface area (Å²) in [5.74, 6) is 2.03. The van der Waals surface area contributed by atoms with Gasteiger partial charge in [0.1, 0.15) is 17.3 Å². The molecule has 4 rings (SSSR count). The first kappa shape index (κ1) is 22.0. The van der Waals surface area contributed by atoms with E-state index in [0.29, 0.717) is 11.6 Å². The highest BCUT2D eigenvalue weighted by Crippen LogP contribution is 2.28. The van der Waals surface area contributed by atoms with Gasteiger partial charge in [-0.05, 0) is 72.8 Å². The summed E-state index contributed by atoms with van der Waals surface area (Å²) in [4.78, 5) is 17.7. The van der Waals surface area contributed by atoms with E-state index in [0.717, 1.165) is 39.8 Å². The summed E-state index contributed by atoms with van der Waals surface area (Å²) in [5.41, 5.74) is 1.77. The number of halogens is 1. The number of hydrogen-bond donors (Lipinski definition) is 1. The number of hydrogen-bond acceptors (Lipinski definition) is 5. The van der Waals surface area contributed by atoms with Crippen molar-refractivity contribution in [2.45, 2.75) is 17.7 Å². The standard InChI is InChI=1S/C25H21FN2O2S2/c26-19-10-14-22(15-11-19)31-16-4-7-24(29)28-25-27-23(17-32-25)18-8-12-21(13-9-18)30-20-5-2-1-3-6-20/h1-3,5-6,8-15,17H,4,7,16H2,(H,27,28,29). The van der Waals surface area contributed by atoms with Crippen molar-refractivity contribution in [3.05, 3.63) is 90.1 Å². The number of nitrogens with zero attached hydrogens (tertiary/aromatic N) is 1. The highest BCUT2D eigenvalue weighted by Gasteiger charge is 2.09. The second-order valence-electron chi connectivity index (χ2n) is 6.93. The Kier molecular flexibility index (Phi) is 7.53. The zero-order chi connectivity index (χ0) is 22.2. The Bertz CT molecular complexity index is 1150. The van der Waals surface area contributed by atoms with Gasteiger partial charge in [0, 0.05) is 22.3 Å². The first-order valence-corrected chi connectivity index (χ1v) is 12.0. The molecular weight excluding hydrogens is 443 g/mol. The molecule has 0 bridgehead atoms. The van der Waals surface area contributed by atoms with Crippen LogP contribution in [0.15, 0.2) is 89.1 Å². The number of amides is 1. The molecule has 162 valence electrons. The number of carbonyl (C=O) groups excluding carboxylic acids is 1. The van der Waals surface area contributed by atoms with Gasteiger partial charge in [0.2, 0.25) is 5.91 Å². The van der Waals surface area contributed by atoms with Gasteiger partial charge < -0.3 is 10.1 Å². The monoisotopic (exact) mass is 464 g/mol. The lowest BCUT2D eigenvalue weighted by Gasteiger charge is -2.06. The topological polar surface area (TPSA) is 51.2 Å². The molecule has 0 fully saturated rings. The van der Waals surface area contributed by atoms with Crippen LogP contribution in [0.2, 0.25) is 0 Å². The molecule has 1 N–H and O–H groups in total. The zero-order valence-corrected chi connectivity index (χ0v) is 18.8. The lowest BCUT2D eigenvalue weighted by molar-refractivity contribution is -0.116. The summed E-state index contributed by atoms with van der Waals surface area (Å²) in [5, 5.41) is 5.37. The second kappa shape index (κ2) is 10.9. The summed E-state index contributed by atoms with van der Waals surface area (Å²) in [6.45, 7) is 0. The molecule has 7 heteroatoms. The molecule has 0 atom stereocenters. The molecule has 0 aliphatic rings. The lowest BCUT2D eigenvalue weighted by atomic mass is 10.2. The van der Waals surface area contributed by atoms with Gasteiger partial charge in [-0.1, -0.05) is 18.2 Å². The Morgan fingerprint density at radius 2 is 1.69 bits per heavy atom. The maximum absolute atomic E-state index is 12.9. The number of rotatable bonds is 9. The highest BCUT2D eigenvalue weighted by atomic mass is 32.2. The van der Waals surface area contributed by atoms with E-state index < -0.39 is 0 Å². The fourth-order valence-electron chi connectivity index (χ4n) is 2.92. The van der Waals surface area contributed by atoms with Crippen molar-refractivity contribution in [3.63, 3.8) is 0 Å². The largest absolute Gasteiger partial charge is 0.457 e. The summed E-state index contributed by atoms with van der Waals surface area (Å²) in [6, 6.07) is 23.7. The minimum atomic E-state index is -0.243. The van der Waals surface area contributed by atoms with Gasteiger partial charge in [-0.15, -0.1) is 23.1 Å². The molecule has 1 aromatic heterocycles. The fraction of sp³-hybridized carbons (Fsp3) is 0.120. The zero-order valence-electron chi connectivity index (χ0n) is 17.2. The minimum absolute atomic E-state index is 0.0581. The van der Waals surface area contributed by atoms with Gasteiger partial charge in [0.25, 0.3) is 0 Å². The van der Waals surface area contributed by atoms with Crippen molar-refractivity contribution in [3.8, 4) is 22.8 Å². The Labute approximate surface area is 194 Å². The van der Waals surface area contributed by atoms with Gasteiger partial charge in [0.05, 0.1) is 5.69 Å². The normalized spacial score (nSPS) is 10.7. The number of benzene rings is 3. The number of ether oxygens (including phenoxy) is 1. The summed E-state index contributed by atoms with van der Waals surface area (Å²) < 4.78 is 18.7. The van der Waals surface area contributed by atoms with Crippen LogP contribution in [-0.2, 0) is 4.79 Å². The third-order valence-electron chi connectivity index (χ3n) is 4.51. The molecule has 3 aromatic carbocycles. The van der Waals surface area contributed by atoms with Crippen LogP contribution >= 0.6 is 23.1 Å². The molecule has 4 nitrogen and oxygen atoms in total. The van der Waals surface area contributed by atoms with E-state index in [2.05, 4.69) is 10.3 Å². The lowest BCUT2D eigenvalue weighted by Crippen LogP contribution is -2.11. The highest BCUT2D eigenvalue weighted by molar-refractivity contribution is 7.99. The van der Waals surface area contributed by atoms with Crippen LogP contribution in [0.1, 0.15) is 12.8 Å². The Balaban J connectivity index is 1.24. The average Bonchev–Trinajstić information content (AvgIpc) is 3.27. The number of nitrogens with one attached hydrogen (secondary N) is 1. The third-order valence-corrected chi connectivity index (χ3v) is 6.37. The summed E-state index contributed by atoms with van der Waals surface area (Å²) in [6.07, 6.45) is 1.14. The van der Waals surface area contributed by atoms with Crippen molar-refractivity contribution < 1.29 is 13.9 Å². The van der Waals surface area contributed by atoms with Crippen LogP contribution < -0.4 is 10.1 Å². The Morgan fingerprint density at radius 1 is 0.969 bits per heavy atom. The van der Waals surface area contributed by atoms with Gasteiger partial charge in [-0.25, -0.2) is 9.37 Å². The van der Waals surface area contributed by atoms with Crippen molar-refractivity contribution in [2.75, 3.05) is 11.1 Å². The molecule has 32 heavy (non-hydrogen) atoms. The molecule has 0 saturated heterocycles. The van der Waals surface area contributed by atoms with Crippen molar-refractivity contribution in [1.82, 2.24) is 4.98 Å². The number of thioether (sulfide) groups is 1. The van der Waals surface area contributed by atoms with Crippen molar-refractivity contribution in [2.24, 2.45) is 0 Å². The molecule has 0 spiro atoms. The van der Waals surface area contributed by atoms with E-state index in [1.165, 1.54) is 23.5 Å². The second-order valence-corrected chi connectivity index (χ2v) is 8.96. The predicted molar refractivity (Wildman–Crippen MR) is 129 cm³/mol. The molecule has 0 aliphatic heterocycles. The first-order chi connectivity index (χ1) is 15.7. The van der Waals surface area contributed by atoms with E-state index in [-0.39, 0.29) is 11.7 Å². The van der Waals surface area contributed by atoms with E-state index in [1.54, 1.807) is 23.9 Å². The molecule has 1 amide bonds. The quantitative estimate of drug-likeness (QED) is 0.209. The third kappa shape index (κ3) is 6.42. The van der Waals surface area contributed by atoms with Crippen LogP contribution in [0.4, 0.5) is 9.52 Å². The van der Waals surface area contributed by atoms with Gasteiger partial charge in [-0.2, -0.15) is 0 Å². The number of anilines is 1. The van der Waals surface area contributed by atoms with Crippen LogP contribution in [-0.4, -0.2) is 16.6 Å². The maximum atomic E-state index is 12.9. The van der Waals surface area contributed by atoms with Crippen LogP contribution in [0, 0.1) is 5.82 Å². The maximum Gasteiger partial charge on any atom is 0.226 e. The van der Waals surface area contributed by atoms with Crippen LogP contribution in [0.3, 0.4) is 0 Å². The smallest absolute Gasteiger partial charge is 0.226 e. The predicted octanol–water partition coefficient (Wildman–Crippen LogP) is 7.25. The summed E-state index contributed by atoms with van der Waals surface area (Å²) >= 11 is 3.01. The fourth-order valence-corrected chi connectivity index (χ4v) is 4.51. The molecule has 1 heterocycles. The number of thiazole rings is 1. The van der Waals surface area contributed by atoms with Crippen LogP contribution in [0.25, 0.3) is 11.3 Å². The van der Waals surface area contributed by atoms with E-state index >= 15 is 0 Å². The Hall–Kier alpha value is -3.16. The number of para-hydroxylation sites is 1. The average molecular weight is 465 g/mol. The van der Waals surface area contributed by atoms with Gasteiger partial charge in [-0.3, -0.25) is 4.79 Å².